The molecule has 3 heteroatoms. The van der Waals surface area contributed by atoms with E-state index in [4.69, 9.17) is 0 Å². The van der Waals surface area contributed by atoms with Crippen LogP contribution >= 0.6 is 0 Å². The minimum atomic E-state index is -0.698. The van der Waals surface area contributed by atoms with E-state index in [2.05, 4.69) is 5.32 Å². The zero-order chi connectivity index (χ0) is 14.4. The van der Waals surface area contributed by atoms with Gasteiger partial charge in [-0.3, -0.25) is 4.79 Å². The molecule has 0 aliphatic heterocycles. The zero-order valence-corrected chi connectivity index (χ0v) is 11.5. The summed E-state index contributed by atoms with van der Waals surface area (Å²) in [6, 6.07) is 18.6. The van der Waals surface area contributed by atoms with E-state index in [1.165, 1.54) is 0 Å². The predicted molar refractivity (Wildman–Crippen MR) is 79.2 cm³/mol. The molecule has 1 amide bonds. The first-order chi connectivity index (χ1) is 9.66. The van der Waals surface area contributed by atoms with Crippen molar-refractivity contribution in [2.24, 2.45) is 0 Å². The van der Waals surface area contributed by atoms with Gasteiger partial charge in [-0.25, -0.2) is 0 Å². The van der Waals surface area contributed by atoms with Gasteiger partial charge >= 0.3 is 0 Å². The topological polar surface area (TPSA) is 49.3 Å². The van der Waals surface area contributed by atoms with E-state index >= 15 is 0 Å². The highest BCUT2D eigenvalue weighted by Crippen LogP contribution is 2.16. The molecule has 2 unspecified atom stereocenters. The molecule has 0 aliphatic carbocycles. The molecule has 0 heterocycles. The number of amides is 1. The van der Waals surface area contributed by atoms with Crippen molar-refractivity contribution >= 4 is 5.91 Å². The van der Waals surface area contributed by atoms with Gasteiger partial charge in [0, 0.05) is 0 Å². The van der Waals surface area contributed by atoms with E-state index in [1.54, 1.807) is 6.92 Å². The number of carbonyl (C=O) groups is 1. The van der Waals surface area contributed by atoms with Gasteiger partial charge in [-0.15, -0.1) is 0 Å². The number of hydrogen-bond donors (Lipinski definition) is 2. The number of rotatable bonds is 5. The minimum Gasteiger partial charge on any atom is -0.386 e. The number of benzene rings is 2. The third-order valence-electron chi connectivity index (χ3n) is 3.21. The summed E-state index contributed by atoms with van der Waals surface area (Å²) in [6.07, 6.45) is -0.372. The Labute approximate surface area is 119 Å². The smallest absolute Gasteiger partial charge is 0.224 e. The van der Waals surface area contributed by atoms with E-state index < -0.39 is 6.10 Å². The molecule has 20 heavy (non-hydrogen) atoms. The van der Waals surface area contributed by atoms with Gasteiger partial charge in [-0.2, -0.15) is 0 Å². The molecule has 0 radical (unpaired) electrons. The van der Waals surface area contributed by atoms with Gasteiger partial charge in [-0.05, 0) is 18.1 Å². The highest BCUT2D eigenvalue weighted by molar-refractivity contribution is 5.78. The number of aliphatic hydroxyl groups excluding tert-OH is 1. The number of carbonyl (C=O) groups excluding carboxylic acids is 1. The van der Waals surface area contributed by atoms with Gasteiger partial charge in [-0.1, -0.05) is 60.7 Å². The maximum atomic E-state index is 11.9. The summed E-state index contributed by atoms with van der Waals surface area (Å²) in [6.45, 7) is 1.81. The second kappa shape index (κ2) is 6.87. The summed E-state index contributed by atoms with van der Waals surface area (Å²) < 4.78 is 0. The molecule has 0 fully saturated rings. The molecule has 2 aromatic rings. The SMILES string of the molecule is CC(NC(=O)Cc1ccccc1)C(O)c1ccccc1. The van der Waals surface area contributed by atoms with Crippen LogP contribution in [0.1, 0.15) is 24.2 Å². The van der Waals surface area contributed by atoms with Gasteiger partial charge in [0.05, 0.1) is 18.6 Å². The van der Waals surface area contributed by atoms with Crippen LogP contribution in [0.4, 0.5) is 0 Å². The lowest BCUT2D eigenvalue weighted by atomic mass is 10.0. The molecular weight excluding hydrogens is 250 g/mol. The van der Waals surface area contributed by atoms with Crippen molar-refractivity contribution in [3.05, 3.63) is 71.8 Å². The summed E-state index contributed by atoms with van der Waals surface area (Å²) in [7, 11) is 0. The van der Waals surface area contributed by atoms with Crippen molar-refractivity contribution < 1.29 is 9.90 Å². The van der Waals surface area contributed by atoms with Crippen LogP contribution in [0.3, 0.4) is 0 Å². The fraction of sp³-hybridized carbons (Fsp3) is 0.235. The van der Waals surface area contributed by atoms with E-state index in [0.29, 0.717) is 6.42 Å². The van der Waals surface area contributed by atoms with Crippen LogP contribution in [0.5, 0.6) is 0 Å². The Kier molecular flexibility index (Phi) is 4.91. The second-order valence-electron chi connectivity index (χ2n) is 4.87. The van der Waals surface area contributed by atoms with Crippen LogP contribution in [-0.4, -0.2) is 17.1 Å². The maximum absolute atomic E-state index is 11.9. The van der Waals surface area contributed by atoms with Crippen LogP contribution in [0.2, 0.25) is 0 Å². The van der Waals surface area contributed by atoms with Gasteiger partial charge in [0.1, 0.15) is 0 Å². The Bertz CT molecular complexity index is 539. The van der Waals surface area contributed by atoms with Crippen LogP contribution < -0.4 is 5.32 Å². The Balaban J connectivity index is 1.91. The number of aliphatic hydroxyl groups is 1. The zero-order valence-electron chi connectivity index (χ0n) is 11.5. The van der Waals surface area contributed by atoms with Crippen molar-refractivity contribution in [1.82, 2.24) is 5.32 Å². The summed E-state index contributed by atoms with van der Waals surface area (Å²) >= 11 is 0. The molecule has 2 rings (SSSR count). The molecular formula is C17H19NO2. The lowest BCUT2D eigenvalue weighted by molar-refractivity contribution is -0.121. The van der Waals surface area contributed by atoms with E-state index in [1.807, 2.05) is 60.7 Å². The first kappa shape index (κ1) is 14.3. The second-order valence-corrected chi connectivity index (χ2v) is 4.87. The van der Waals surface area contributed by atoms with E-state index in [-0.39, 0.29) is 11.9 Å². The Morgan fingerprint density at radius 3 is 2.20 bits per heavy atom. The third-order valence-corrected chi connectivity index (χ3v) is 3.21. The summed E-state index contributed by atoms with van der Waals surface area (Å²) in [5.74, 6) is -0.0846. The number of hydrogen-bond acceptors (Lipinski definition) is 2. The highest BCUT2D eigenvalue weighted by Gasteiger charge is 2.18. The summed E-state index contributed by atoms with van der Waals surface area (Å²) in [5, 5.41) is 13.0. The summed E-state index contributed by atoms with van der Waals surface area (Å²) in [4.78, 5) is 11.9. The Morgan fingerprint density at radius 2 is 1.60 bits per heavy atom. The van der Waals surface area contributed by atoms with E-state index in [9.17, 15) is 9.90 Å². The maximum Gasteiger partial charge on any atom is 0.224 e. The van der Waals surface area contributed by atoms with Gasteiger partial charge in [0.15, 0.2) is 0 Å². The molecule has 2 N–H and O–H groups in total. The number of nitrogens with one attached hydrogen (secondary N) is 1. The standard InChI is InChI=1S/C17H19NO2/c1-13(17(20)15-10-6-3-7-11-15)18-16(19)12-14-8-4-2-5-9-14/h2-11,13,17,20H,12H2,1H3,(H,18,19). The fourth-order valence-corrected chi connectivity index (χ4v) is 2.10. The Morgan fingerprint density at radius 1 is 1.05 bits per heavy atom. The monoisotopic (exact) mass is 269 g/mol. The van der Waals surface area contributed by atoms with Crippen LogP contribution in [0, 0.1) is 0 Å². The van der Waals surface area contributed by atoms with Crippen molar-refractivity contribution in [3.8, 4) is 0 Å². The van der Waals surface area contributed by atoms with Crippen molar-refractivity contribution in [1.29, 1.82) is 0 Å². The molecule has 0 saturated heterocycles. The van der Waals surface area contributed by atoms with Crippen molar-refractivity contribution in [2.45, 2.75) is 25.5 Å². The van der Waals surface area contributed by atoms with Gasteiger partial charge in [0.2, 0.25) is 5.91 Å². The molecule has 2 aromatic carbocycles. The minimum absolute atomic E-state index is 0.0846. The normalized spacial score (nSPS) is 13.5. The Hall–Kier alpha value is -2.13. The largest absolute Gasteiger partial charge is 0.386 e. The first-order valence-corrected chi connectivity index (χ1v) is 6.73. The van der Waals surface area contributed by atoms with Crippen LogP contribution in [0.25, 0.3) is 0 Å². The molecule has 0 saturated carbocycles. The average molecular weight is 269 g/mol. The molecule has 0 bridgehead atoms. The fourth-order valence-electron chi connectivity index (χ4n) is 2.10. The van der Waals surface area contributed by atoms with Crippen LogP contribution in [-0.2, 0) is 11.2 Å². The lowest BCUT2D eigenvalue weighted by Crippen LogP contribution is -2.37. The molecule has 0 aromatic heterocycles. The van der Waals surface area contributed by atoms with Crippen LogP contribution in [0.15, 0.2) is 60.7 Å². The quantitative estimate of drug-likeness (QED) is 0.876. The molecule has 104 valence electrons. The first-order valence-electron chi connectivity index (χ1n) is 6.73. The highest BCUT2D eigenvalue weighted by atomic mass is 16.3. The van der Waals surface area contributed by atoms with Gasteiger partial charge < -0.3 is 10.4 Å². The van der Waals surface area contributed by atoms with Crippen molar-refractivity contribution in [3.63, 3.8) is 0 Å². The molecule has 2 atom stereocenters. The average Bonchev–Trinajstić information content (AvgIpc) is 2.48. The third kappa shape index (κ3) is 3.93. The lowest BCUT2D eigenvalue weighted by Gasteiger charge is -2.20. The van der Waals surface area contributed by atoms with Crippen molar-refractivity contribution in [2.75, 3.05) is 0 Å². The molecule has 3 nitrogen and oxygen atoms in total. The predicted octanol–water partition coefficient (Wildman–Crippen LogP) is 2.47. The van der Waals surface area contributed by atoms with Gasteiger partial charge in [0.25, 0.3) is 0 Å². The molecule has 0 aliphatic rings. The molecule has 0 spiro atoms. The summed E-state index contributed by atoms with van der Waals surface area (Å²) in [5.41, 5.74) is 1.77. The van der Waals surface area contributed by atoms with E-state index in [0.717, 1.165) is 11.1 Å².